The minimum atomic E-state index is -3.89. The number of sulfonamides is 1. The molecule has 2 aromatic rings. The number of carboxylic acids is 1. The lowest BCUT2D eigenvalue weighted by Gasteiger charge is -2.04. The standard InChI is InChI=1S/C11H7N3O4S2/c12-5-7-1-3-9(13-6-7)14-20(17,18)10-4-2-8(19-10)11(15)16/h1-4,6H,(H,13,14)(H,15,16). The number of hydrogen-bond acceptors (Lipinski definition) is 6. The fourth-order valence-electron chi connectivity index (χ4n) is 1.29. The first-order valence-corrected chi connectivity index (χ1v) is 7.44. The van der Waals surface area contributed by atoms with Crippen LogP contribution in [0, 0.1) is 11.3 Å². The highest BCUT2D eigenvalue weighted by Gasteiger charge is 2.19. The number of rotatable bonds is 4. The summed E-state index contributed by atoms with van der Waals surface area (Å²) in [4.78, 5) is 14.4. The summed E-state index contributed by atoms with van der Waals surface area (Å²) in [5.74, 6) is -1.14. The van der Waals surface area contributed by atoms with Crippen LogP contribution in [-0.2, 0) is 10.0 Å². The third-order valence-electron chi connectivity index (χ3n) is 2.19. The van der Waals surface area contributed by atoms with Crippen LogP contribution >= 0.6 is 11.3 Å². The summed E-state index contributed by atoms with van der Waals surface area (Å²) in [6, 6.07) is 7.05. The Balaban J connectivity index is 2.25. The van der Waals surface area contributed by atoms with Crippen molar-refractivity contribution in [1.29, 1.82) is 5.26 Å². The van der Waals surface area contributed by atoms with Crippen LogP contribution in [0.4, 0.5) is 5.82 Å². The Morgan fingerprint density at radius 1 is 1.35 bits per heavy atom. The maximum Gasteiger partial charge on any atom is 0.345 e. The minimum absolute atomic E-state index is 0.0503. The number of carbonyl (C=O) groups is 1. The molecule has 0 saturated heterocycles. The minimum Gasteiger partial charge on any atom is -0.477 e. The van der Waals surface area contributed by atoms with Gasteiger partial charge in [0.2, 0.25) is 0 Å². The molecule has 0 radical (unpaired) electrons. The van der Waals surface area contributed by atoms with Crippen molar-refractivity contribution in [2.45, 2.75) is 4.21 Å². The molecule has 2 heterocycles. The van der Waals surface area contributed by atoms with E-state index < -0.39 is 16.0 Å². The van der Waals surface area contributed by atoms with E-state index in [0.29, 0.717) is 16.9 Å². The first kappa shape index (κ1) is 14.0. The predicted octanol–water partition coefficient (Wildman–Crippen LogP) is 1.51. The van der Waals surface area contributed by atoms with Crippen LogP contribution in [0.15, 0.2) is 34.7 Å². The highest BCUT2D eigenvalue weighted by Crippen LogP contribution is 2.23. The Kier molecular flexibility index (Phi) is 3.69. The SMILES string of the molecule is N#Cc1ccc(NS(=O)(=O)c2ccc(C(=O)O)s2)nc1. The monoisotopic (exact) mass is 309 g/mol. The molecule has 0 saturated carbocycles. The number of pyridine rings is 1. The fourth-order valence-corrected chi connectivity index (χ4v) is 3.44. The van der Waals surface area contributed by atoms with E-state index in [1.165, 1.54) is 30.5 Å². The summed E-state index contributed by atoms with van der Waals surface area (Å²) >= 11 is 0.645. The van der Waals surface area contributed by atoms with Gasteiger partial charge in [-0.2, -0.15) is 5.26 Å². The number of nitrogens with one attached hydrogen (secondary N) is 1. The molecule has 0 spiro atoms. The van der Waals surface area contributed by atoms with Crippen LogP contribution in [0.3, 0.4) is 0 Å². The van der Waals surface area contributed by atoms with Crippen molar-refractivity contribution in [2.75, 3.05) is 4.72 Å². The average molecular weight is 309 g/mol. The molecule has 0 unspecified atom stereocenters. The molecule has 20 heavy (non-hydrogen) atoms. The molecular formula is C11H7N3O4S2. The summed E-state index contributed by atoms with van der Waals surface area (Å²) in [6.45, 7) is 0. The zero-order chi connectivity index (χ0) is 14.8. The van der Waals surface area contributed by atoms with E-state index in [1.54, 1.807) is 0 Å². The molecular weight excluding hydrogens is 302 g/mol. The molecule has 0 aliphatic heterocycles. The third kappa shape index (κ3) is 2.93. The molecule has 0 bridgehead atoms. The van der Waals surface area contributed by atoms with Crippen LogP contribution in [0.1, 0.15) is 15.2 Å². The highest BCUT2D eigenvalue weighted by molar-refractivity contribution is 7.94. The van der Waals surface area contributed by atoms with E-state index in [-0.39, 0.29) is 14.9 Å². The molecule has 0 amide bonds. The molecule has 9 heteroatoms. The van der Waals surface area contributed by atoms with Gasteiger partial charge in [-0.15, -0.1) is 11.3 Å². The van der Waals surface area contributed by atoms with E-state index in [2.05, 4.69) is 9.71 Å². The van der Waals surface area contributed by atoms with Crippen LogP contribution < -0.4 is 4.72 Å². The van der Waals surface area contributed by atoms with Crippen LogP contribution in [0.2, 0.25) is 0 Å². The summed E-state index contributed by atoms with van der Waals surface area (Å²) in [7, 11) is -3.89. The van der Waals surface area contributed by atoms with Gasteiger partial charge >= 0.3 is 5.97 Å². The van der Waals surface area contributed by atoms with Gasteiger partial charge in [0.05, 0.1) is 5.56 Å². The van der Waals surface area contributed by atoms with Crippen molar-refractivity contribution < 1.29 is 18.3 Å². The predicted molar refractivity (Wildman–Crippen MR) is 71.0 cm³/mol. The van der Waals surface area contributed by atoms with Crippen molar-refractivity contribution in [3.63, 3.8) is 0 Å². The van der Waals surface area contributed by atoms with Crippen molar-refractivity contribution >= 4 is 33.1 Å². The highest BCUT2D eigenvalue weighted by atomic mass is 32.2. The smallest absolute Gasteiger partial charge is 0.345 e. The van der Waals surface area contributed by atoms with E-state index in [4.69, 9.17) is 10.4 Å². The zero-order valence-electron chi connectivity index (χ0n) is 9.77. The van der Waals surface area contributed by atoms with Gasteiger partial charge in [0.1, 0.15) is 21.0 Å². The molecule has 0 aliphatic carbocycles. The summed E-state index contributed by atoms with van der Waals surface area (Å²) < 4.78 is 26.1. The molecule has 2 aromatic heterocycles. The number of anilines is 1. The van der Waals surface area contributed by atoms with Gasteiger partial charge in [-0.3, -0.25) is 4.72 Å². The average Bonchev–Trinajstić information content (AvgIpc) is 2.90. The van der Waals surface area contributed by atoms with Crippen molar-refractivity contribution in [3.05, 3.63) is 40.9 Å². The number of nitrogens with zero attached hydrogens (tertiary/aromatic N) is 2. The molecule has 2 N–H and O–H groups in total. The first-order chi connectivity index (χ1) is 9.42. The summed E-state index contributed by atoms with van der Waals surface area (Å²) in [5, 5.41) is 17.4. The van der Waals surface area contributed by atoms with E-state index in [0.717, 1.165) is 0 Å². The van der Waals surface area contributed by atoms with E-state index in [9.17, 15) is 13.2 Å². The largest absolute Gasteiger partial charge is 0.477 e. The van der Waals surface area contributed by atoms with Gasteiger partial charge in [-0.1, -0.05) is 0 Å². The summed E-state index contributed by atoms with van der Waals surface area (Å²) in [6.07, 6.45) is 1.23. The number of aromatic carboxylic acids is 1. The quantitative estimate of drug-likeness (QED) is 0.883. The topological polar surface area (TPSA) is 120 Å². The summed E-state index contributed by atoms with van der Waals surface area (Å²) in [5.41, 5.74) is 0.303. The van der Waals surface area contributed by atoms with Gasteiger partial charge < -0.3 is 5.11 Å². The van der Waals surface area contributed by atoms with E-state index in [1.807, 2.05) is 6.07 Å². The van der Waals surface area contributed by atoms with Gasteiger partial charge in [-0.05, 0) is 24.3 Å². The molecule has 0 aliphatic rings. The van der Waals surface area contributed by atoms with Crippen LogP contribution in [0.25, 0.3) is 0 Å². The Hall–Kier alpha value is -2.44. The second-order valence-electron chi connectivity index (χ2n) is 3.57. The Morgan fingerprint density at radius 2 is 2.10 bits per heavy atom. The molecule has 102 valence electrons. The lowest BCUT2D eigenvalue weighted by Crippen LogP contribution is -2.12. The number of carboxylic acid groups (broad SMARTS) is 1. The van der Waals surface area contributed by atoms with Gasteiger partial charge in [0.15, 0.2) is 0 Å². The molecule has 2 rings (SSSR count). The Bertz CT molecular complexity index is 788. The molecule has 7 nitrogen and oxygen atoms in total. The normalized spacial score (nSPS) is 10.8. The molecule has 0 fully saturated rings. The molecule has 0 atom stereocenters. The van der Waals surface area contributed by atoms with Crippen LogP contribution in [-0.4, -0.2) is 24.5 Å². The number of thiophene rings is 1. The second kappa shape index (κ2) is 5.28. The first-order valence-electron chi connectivity index (χ1n) is 5.14. The van der Waals surface area contributed by atoms with Crippen molar-refractivity contribution in [3.8, 4) is 6.07 Å². The maximum absolute atomic E-state index is 12.0. The molecule has 0 aromatic carbocycles. The number of nitriles is 1. The lowest BCUT2D eigenvalue weighted by atomic mass is 10.3. The van der Waals surface area contributed by atoms with Gasteiger partial charge in [0.25, 0.3) is 10.0 Å². The second-order valence-corrected chi connectivity index (χ2v) is 6.57. The fraction of sp³-hybridized carbons (Fsp3) is 0. The van der Waals surface area contributed by atoms with Crippen LogP contribution in [0.5, 0.6) is 0 Å². The maximum atomic E-state index is 12.0. The van der Waals surface area contributed by atoms with Crippen molar-refractivity contribution in [2.24, 2.45) is 0 Å². The number of hydrogen-bond donors (Lipinski definition) is 2. The van der Waals surface area contributed by atoms with Gasteiger partial charge in [-0.25, -0.2) is 18.2 Å². The number of aromatic nitrogens is 1. The Labute approximate surface area is 118 Å². The zero-order valence-corrected chi connectivity index (χ0v) is 11.4. The van der Waals surface area contributed by atoms with Gasteiger partial charge in [0, 0.05) is 6.20 Å². The van der Waals surface area contributed by atoms with Crippen molar-refractivity contribution in [1.82, 2.24) is 4.98 Å². The Morgan fingerprint density at radius 3 is 2.60 bits per heavy atom. The van der Waals surface area contributed by atoms with E-state index >= 15 is 0 Å². The lowest BCUT2D eigenvalue weighted by molar-refractivity contribution is 0.0702. The third-order valence-corrected chi connectivity index (χ3v) is 5.11.